The van der Waals surface area contributed by atoms with Crippen LogP contribution >= 0.6 is 0 Å². The van der Waals surface area contributed by atoms with Crippen molar-refractivity contribution in [1.29, 1.82) is 0 Å². The summed E-state index contributed by atoms with van der Waals surface area (Å²) in [6, 6.07) is 0. The number of aromatic nitrogens is 2. The second-order valence-corrected chi connectivity index (χ2v) is 4.51. The molecular weight excluding hydrogens is 275 g/mol. The molecule has 0 saturated carbocycles. The Morgan fingerprint density at radius 1 is 1.35 bits per heavy atom. The topological polar surface area (TPSA) is 66.3 Å². The maximum absolute atomic E-state index is 12.4. The van der Waals surface area contributed by atoms with E-state index < -0.39 is 17.7 Å². The molecule has 0 saturated heterocycles. The Morgan fingerprint density at radius 2 is 1.95 bits per heavy atom. The number of hydrogen-bond acceptors (Lipinski definition) is 4. The Hall–Kier alpha value is -2.12. The Kier molecular flexibility index (Phi) is 3.65. The predicted octanol–water partition coefficient (Wildman–Crippen LogP) is 2.11. The van der Waals surface area contributed by atoms with Crippen molar-refractivity contribution in [2.75, 3.05) is 18.0 Å². The lowest BCUT2D eigenvalue weighted by Gasteiger charge is -2.28. The largest absolute Gasteiger partial charge is 0.478 e. The van der Waals surface area contributed by atoms with Crippen molar-refractivity contribution in [2.24, 2.45) is 0 Å². The predicted molar refractivity (Wildman–Crippen MR) is 64.2 cm³/mol. The lowest BCUT2D eigenvalue weighted by atomic mass is 10.0. The molecule has 1 aromatic heterocycles. The fourth-order valence-electron chi connectivity index (χ4n) is 2.01. The van der Waals surface area contributed by atoms with Gasteiger partial charge in [-0.15, -0.1) is 0 Å². The van der Waals surface area contributed by atoms with Gasteiger partial charge in [-0.1, -0.05) is 0 Å². The van der Waals surface area contributed by atoms with E-state index >= 15 is 0 Å². The van der Waals surface area contributed by atoms with Crippen molar-refractivity contribution in [3.8, 4) is 0 Å². The van der Waals surface area contributed by atoms with Crippen LogP contribution in [-0.2, 0) is 11.0 Å². The first kappa shape index (κ1) is 14.3. The van der Waals surface area contributed by atoms with Crippen molar-refractivity contribution in [3.63, 3.8) is 0 Å². The van der Waals surface area contributed by atoms with Gasteiger partial charge in [0.2, 0.25) is 5.95 Å². The summed E-state index contributed by atoms with van der Waals surface area (Å²) in [6.45, 7) is 2.34. The van der Waals surface area contributed by atoms with E-state index in [2.05, 4.69) is 9.97 Å². The van der Waals surface area contributed by atoms with Crippen LogP contribution in [-0.4, -0.2) is 34.1 Å². The number of rotatable bonds is 2. The summed E-state index contributed by atoms with van der Waals surface area (Å²) in [5.74, 6) is -0.794. The molecule has 1 N–H and O–H groups in total. The number of hydrogen-bond donors (Lipinski definition) is 1. The normalized spacial score (nSPS) is 16.5. The van der Waals surface area contributed by atoms with Gasteiger partial charge in [-0.05, 0) is 18.9 Å². The SMILES string of the molecule is CC1=C(C(=O)O)CCN(c2ncc(C(F)(F)F)cn2)C1. The van der Waals surface area contributed by atoms with Crippen LogP contribution in [0.25, 0.3) is 0 Å². The zero-order chi connectivity index (χ0) is 14.9. The van der Waals surface area contributed by atoms with Gasteiger partial charge in [0, 0.05) is 31.1 Å². The highest BCUT2D eigenvalue weighted by atomic mass is 19.4. The molecule has 1 aromatic rings. The van der Waals surface area contributed by atoms with Gasteiger partial charge < -0.3 is 10.0 Å². The standard InChI is InChI=1S/C12H12F3N3O2/c1-7-6-18(3-2-9(7)10(19)20)11-16-4-8(5-17-11)12(13,14)15/h4-5H,2-3,6H2,1H3,(H,19,20). The molecule has 0 fully saturated rings. The zero-order valence-corrected chi connectivity index (χ0v) is 10.6. The number of nitrogens with zero attached hydrogens (tertiary/aromatic N) is 3. The molecule has 5 nitrogen and oxygen atoms in total. The minimum atomic E-state index is -4.47. The molecule has 1 aliphatic heterocycles. The number of anilines is 1. The van der Waals surface area contributed by atoms with Crippen molar-refractivity contribution in [1.82, 2.24) is 9.97 Å². The van der Waals surface area contributed by atoms with E-state index in [0.717, 1.165) is 12.4 Å². The number of alkyl halides is 3. The minimum absolute atomic E-state index is 0.168. The second kappa shape index (κ2) is 5.10. The van der Waals surface area contributed by atoms with Crippen LogP contribution in [0.2, 0.25) is 0 Å². The quantitative estimate of drug-likeness (QED) is 0.902. The third-order valence-corrected chi connectivity index (χ3v) is 3.08. The van der Waals surface area contributed by atoms with Gasteiger partial charge in [0.05, 0.1) is 5.56 Å². The number of carboxylic acids is 1. The molecule has 0 amide bonds. The van der Waals surface area contributed by atoms with Gasteiger partial charge in [0.15, 0.2) is 0 Å². The molecule has 1 aliphatic rings. The molecule has 8 heteroatoms. The van der Waals surface area contributed by atoms with Crippen LogP contribution in [0.5, 0.6) is 0 Å². The second-order valence-electron chi connectivity index (χ2n) is 4.51. The highest BCUT2D eigenvalue weighted by Gasteiger charge is 2.32. The van der Waals surface area contributed by atoms with Crippen molar-refractivity contribution in [2.45, 2.75) is 19.5 Å². The lowest BCUT2D eigenvalue weighted by Crippen LogP contribution is -2.34. The Balaban J connectivity index is 2.17. The molecule has 2 heterocycles. The van der Waals surface area contributed by atoms with E-state index in [-0.39, 0.29) is 5.95 Å². The van der Waals surface area contributed by atoms with Gasteiger partial charge in [-0.2, -0.15) is 13.2 Å². The minimum Gasteiger partial charge on any atom is -0.478 e. The smallest absolute Gasteiger partial charge is 0.419 e. The van der Waals surface area contributed by atoms with Gasteiger partial charge in [-0.25, -0.2) is 14.8 Å². The molecule has 0 bridgehead atoms. The fraction of sp³-hybridized carbons (Fsp3) is 0.417. The number of halogens is 3. The summed E-state index contributed by atoms with van der Waals surface area (Å²) < 4.78 is 37.2. The Morgan fingerprint density at radius 3 is 2.40 bits per heavy atom. The summed E-state index contributed by atoms with van der Waals surface area (Å²) >= 11 is 0. The molecule has 2 rings (SSSR count). The van der Waals surface area contributed by atoms with Crippen LogP contribution in [0.1, 0.15) is 18.9 Å². The third-order valence-electron chi connectivity index (χ3n) is 3.08. The van der Waals surface area contributed by atoms with E-state index in [1.807, 2.05) is 0 Å². The van der Waals surface area contributed by atoms with Crippen molar-refractivity contribution in [3.05, 3.63) is 29.1 Å². The molecule has 108 valence electrons. The van der Waals surface area contributed by atoms with Crippen molar-refractivity contribution < 1.29 is 23.1 Å². The van der Waals surface area contributed by atoms with Crippen LogP contribution in [0.4, 0.5) is 19.1 Å². The molecule has 0 radical (unpaired) electrons. The average Bonchev–Trinajstić information content (AvgIpc) is 2.37. The van der Waals surface area contributed by atoms with Crippen LogP contribution in [0.3, 0.4) is 0 Å². The maximum atomic E-state index is 12.4. The first-order valence-corrected chi connectivity index (χ1v) is 5.85. The number of carboxylic acid groups (broad SMARTS) is 1. The fourth-order valence-corrected chi connectivity index (χ4v) is 2.01. The Bertz CT molecular complexity index is 552. The summed E-state index contributed by atoms with van der Waals surface area (Å²) in [6.07, 6.45) is -2.69. The molecule has 0 atom stereocenters. The molecule has 0 aliphatic carbocycles. The van der Waals surface area contributed by atoms with Crippen molar-refractivity contribution >= 4 is 11.9 Å². The summed E-state index contributed by atoms with van der Waals surface area (Å²) in [7, 11) is 0. The Labute approximate surface area is 112 Å². The third kappa shape index (κ3) is 2.89. The monoisotopic (exact) mass is 287 g/mol. The van der Waals surface area contributed by atoms with E-state index in [1.54, 1.807) is 11.8 Å². The van der Waals surface area contributed by atoms with Crippen LogP contribution in [0, 0.1) is 0 Å². The zero-order valence-electron chi connectivity index (χ0n) is 10.6. The molecule has 0 unspecified atom stereocenters. The summed E-state index contributed by atoms with van der Waals surface area (Å²) in [4.78, 5) is 20.0. The summed E-state index contributed by atoms with van der Waals surface area (Å²) in [5, 5.41) is 8.96. The molecule has 20 heavy (non-hydrogen) atoms. The first-order valence-electron chi connectivity index (χ1n) is 5.85. The molecular formula is C12H12F3N3O2. The maximum Gasteiger partial charge on any atom is 0.419 e. The van der Waals surface area contributed by atoms with E-state index in [0.29, 0.717) is 30.7 Å². The van der Waals surface area contributed by atoms with Gasteiger partial charge in [0.25, 0.3) is 0 Å². The highest BCUT2D eigenvalue weighted by molar-refractivity contribution is 5.88. The molecule has 0 spiro atoms. The van der Waals surface area contributed by atoms with E-state index in [1.165, 1.54) is 0 Å². The lowest BCUT2D eigenvalue weighted by molar-refractivity contribution is -0.138. The number of carbonyl (C=O) groups is 1. The highest BCUT2D eigenvalue weighted by Crippen LogP contribution is 2.29. The van der Waals surface area contributed by atoms with Gasteiger partial charge >= 0.3 is 12.1 Å². The summed E-state index contributed by atoms with van der Waals surface area (Å²) in [5.41, 5.74) is 0.0946. The van der Waals surface area contributed by atoms with Gasteiger partial charge in [-0.3, -0.25) is 0 Å². The molecule has 0 aromatic carbocycles. The van der Waals surface area contributed by atoms with Crippen LogP contribution in [0.15, 0.2) is 23.5 Å². The van der Waals surface area contributed by atoms with Crippen LogP contribution < -0.4 is 4.90 Å². The average molecular weight is 287 g/mol. The number of aliphatic carboxylic acids is 1. The first-order chi connectivity index (χ1) is 9.29. The van der Waals surface area contributed by atoms with E-state index in [9.17, 15) is 18.0 Å². The van der Waals surface area contributed by atoms with Gasteiger partial charge in [0.1, 0.15) is 0 Å². The van der Waals surface area contributed by atoms with E-state index in [4.69, 9.17) is 5.11 Å².